The number of oxazole rings is 1. The van der Waals surface area contributed by atoms with Gasteiger partial charge in [-0.1, -0.05) is 20.8 Å². The SMILES string of the molecule is CCOc1ccc(-c2nc3cc(NC(=S)NC(=O)C(C)(C)C)ccc3o2)cc1. The van der Waals surface area contributed by atoms with Gasteiger partial charge in [0.05, 0.1) is 6.61 Å². The van der Waals surface area contributed by atoms with Crippen molar-refractivity contribution in [3.8, 4) is 17.2 Å². The van der Waals surface area contributed by atoms with Crippen molar-refractivity contribution in [1.29, 1.82) is 0 Å². The lowest BCUT2D eigenvalue weighted by Crippen LogP contribution is -2.41. The summed E-state index contributed by atoms with van der Waals surface area (Å²) >= 11 is 5.22. The molecule has 0 saturated heterocycles. The van der Waals surface area contributed by atoms with Gasteiger partial charge >= 0.3 is 0 Å². The van der Waals surface area contributed by atoms with Crippen molar-refractivity contribution in [3.63, 3.8) is 0 Å². The number of amides is 1. The second-order valence-corrected chi connectivity index (χ2v) is 7.73. The summed E-state index contributed by atoms with van der Waals surface area (Å²) in [4.78, 5) is 16.6. The number of carbonyl (C=O) groups is 1. The molecule has 3 aromatic rings. The van der Waals surface area contributed by atoms with Crippen LogP contribution >= 0.6 is 12.2 Å². The third-order valence-electron chi connectivity index (χ3n) is 3.97. The van der Waals surface area contributed by atoms with Crippen molar-refractivity contribution in [1.82, 2.24) is 10.3 Å². The van der Waals surface area contributed by atoms with Crippen LogP contribution in [0.4, 0.5) is 5.69 Å². The smallest absolute Gasteiger partial charge is 0.231 e. The summed E-state index contributed by atoms with van der Waals surface area (Å²) in [6, 6.07) is 13.1. The van der Waals surface area contributed by atoms with E-state index >= 15 is 0 Å². The molecule has 0 radical (unpaired) electrons. The third-order valence-corrected chi connectivity index (χ3v) is 4.17. The molecule has 0 atom stereocenters. The van der Waals surface area contributed by atoms with Crippen LogP contribution in [0.3, 0.4) is 0 Å². The van der Waals surface area contributed by atoms with Crippen LogP contribution in [0.25, 0.3) is 22.6 Å². The molecule has 0 bridgehead atoms. The molecule has 1 amide bonds. The lowest BCUT2D eigenvalue weighted by molar-refractivity contribution is -0.126. The molecule has 0 saturated carbocycles. The zero-order chi connectivity index (χ0) is 20.3. The van der Waals surface area contributed by atoms with Gasteiger partial charge in [0.1, 0.15) is 11.3 Å². The first-order valence-electron chi connectivity index (χ1n) is 9.02. The first-order valence-corrected chi connectivity index (χ1v) is 9.43. The van der Waals surface area contributed by atoms with E-state index in [4.69, 9.17) is 21.4 Å². The Labute approximate surface area is 169 Å². The number of nitrogens with zero attached hydrogens (tertiary/aromatic N) is 1. The maximum Gasteiger partial charge on any atom is 0.231 e. The van der Waals surface area contributed by atoms with Crippen molar-refractivity contribution in [2.45, 2.75) is 27.7 Å². The molecule has 0 aliphatic heterocycles. The lowest BCUT2D eigenvalue weighted by atomic mass is 9.96. The molecule has 6 nitrogen and oxygen atoms in total. The minimum absolute atomic E-state index is 0.148. The van der Waals surface area contributed by atoms with Crippen molar-refractivity contribution in [3.05, 3.63) is 42.5 Å². The standard InChI is InChI=1S/C21H23N3O3S/c1-5-26-15-9-6-13(7-10-15)18-23-16-12-14(8-11-17(16)27-18)22-20(28)24-19(25)21(2,3)4/h6-12H,5H2,1-4H3,(H2,22,24,25,28). The van der Waals surface area contributed by atoms with Gasteiger partial charge in [0.2, 0.25) is 11.8 Å². The van der Waals surface area contributed by atoms with Crippen LogP contribution < -0.4 is 15.4 Å². The zero-order valence-electron chi connectivity index (χ0n) is 16.3. The van der Waals surface area contributed by atoms with Gasteiger partial charge in [-0.15, -0.1) is 0 Å². The second kappa shape index (κ2) is 7.98. The summed E-state index contributed by atoms with van der Waals surface area (Å²) in [7, 11) is 0. The molecule has 0 unspecified atom stereocenters. The maximum absolute atomic E-state index is 12.0. The molecule has 146 valence electrons. The average molecular weight is 398 g/mol. The number of benzene rings is 2. The van der Waals surface area contributed by atoms with E-state index in [0.717, 1.165) is 17.0 Å². The Morgan fingerprint density at radius 1 is 1.18 bits per heavy atom. The first kappa shape index (κ1) is 19.8. The van der Waals surface area contributed by atoms with Gasteiger partial charge in [0, 0.05) is 16.7 Å². The van der Waals surface area contributed by atoms with E-state index in [9.17, 15) is 4.79 Å². The number of rotatable bonds is 4. The number of fused-ring (bicyclic) bond motifs is 1. The fourth-order valence-electron chi connectivity index (χ4n) is 2.44. The van der Waals surface area contributed by atoms with E-state index in [0.29, 0.717) is 23.6 Å². The van der Waals surface area contributed by atoms with E-state index in [1.807, 2.05) is 70.2 Å². The Morgan fingerprint density at radius 3 is 2.54 bits per heavy atom. The summed E-state index contributed by atoms with van der Waals surface area (Å²) in [6.45, 7) is 8.05. The Hall–Kier alpha value is -2.93. The molecule has 28 heavy (non-hydrogen) atoms. The van der Waals surface area contributed by atoms with Gasteiger partial charge in [-0.05, 0) is 61.6 Å². The molecule has 0 aliphatic carbocycles. The number of anilines is 1. The maximum atomic E-state index is 12.0. The number of hydrogen-bond acceptors (Lipinski definition) is 5. The fourth-order valence-corrected chi connectivity index (χ4v) is 2.65. The van der Waals surface area contributed by atoms with Crippen molar-refractivity contribution >= 4 is 40.0 Å². The van der Waals surface area contributed by atoms with E-state index in [-0.39, 0.29) is 11.0 Å². The normalized spacial score (nSPS) is 11.3. The van der Waals surface area contributed by atoms with E-state index in [1.54, 1.807) is 0 Å². The molecule has 0 fully saturated rings. The summed E-state index contributed by atoms with van der Waals surface area (Å²) in [5.74, 6) is 1.18. The Bertz CT molecular complexity index is 1000. The Kier molecular flexibility index (Phi) is 5.65. The molecule has 0 aliphatic rings. The van der Waals surface area contributed by atoms with Gasteiger partial charge < -0.3 is 19.8 Å². The van der Waals surface area contributed by atoms with Crippen molar-refractivity contribution in [2.24, 2.45) is 5.41 Å². The number of ether oxygens (including phenoxy) is 1. The fraction of sp³-hybridized carbons (Fsp3) is 0.286. The highest BCUT2D eigenvalue weighted by atomic mass is 32.1. The van der Waals surface area contributed by atoms with Crippen LogP contribution in [0.15, 0.2) is 46.9 Å². The molecule has 2 N–H and O–H groups in total. The highest BCUT2D eigenvalue weighted by Crippen LogP contribution is 2.27. The number of carbonyl (C=O) groups excluding carboxylic acids is 1. The van der Waals surface area contributed by atoms with Gasteiger partial charge in [-0.2, -0.15) is 0 Å². The number of hydrogen-bond donors (Lipinski definition) is 2. The minimum Gasteiger partial charge on any atom is -0.494 e. The third kappa shape index (κ3) is 4.67. The lowest BCUT2D eigenvalue weighted by Gasteiger charge is -2.18. The Morgan fingerprint density at radius 2 is 1.89 bits per heavy atom. The van der Waals surface area contributed by atoms with Crippen LogP contribution in [0, 0.1) is 5.41 Å². The number of aromatic nitrogens is 1. The second-order valence-electron chi connectivity index (χ2n) is 7.32. The molecule has 7 heteroatoms. The van der Waals surface area contributed by atoms with Crippen LogP contribution in [-0.4, -0.2) is 22.6 Å². The predicted octanol–water partition coefficient (Wildman–Crippen LogP) is 4.75. The summed E-state index contributed by atoms with van der Waals surface area (Å²) in [5.41, 5.74) is 2.42. The molecule has 0 spiro atoms. The predicted molar refractivity (Wildman–Crippen MR) is 114 cm³/mol. The van der Waals surface area contributed by atoms with E-state index in [2.05, 4.69) is 15.6 Å². The van der Waals surface area contributed by atoms with Crippen molar-refractivity contribution < 1.29 is 13.9 Å². The molecule has 1 heterocycles. The molecular weight excluding hydrogens is 374 g/mol. The Balaban J connectivity index is 1.75. The van der Waals surface area contributed by atoms with Crippen LogP contribution in [0.5, 0.6) is 5.75 Å². The average Bonchev–Trinajstić information content (AvgIpc) is 3.05. The van der Waals surface area contributed by atoms with Crippen LogP contribution in [0.1, 0.15) is 27.7 Å². The highest BCUT2D eigenvalue weighted by Gasteiger charge is 2.22. The van der Waals surface area contributed by atoms with E-state index in [1.165, 1.54) is 0 Å². The zero-order valence-corrected chi connectivity index (χ0v) is 17.1. The molecular formula is C21H23N3O3S. The minimum atomic E-state index is -0.519. The van der Waals surface area contributed by atoms with Crippen LogP contribution in [-0.2, 0) is 4.79 Å². The van der Waals surface area contributed by atoms with Gasteiger partial charge in [0.25, 0.3) is 0 Å². The number of thiocarbonyl (C=S) groups is 1. The van der Waals surface area contributed by atoms with Gasteiger partial charge in [-0.3, -0.25) is 4.79 Å². The highest BCUT2D eigenvalue weighted by molar-refractivity contribution is 7.80. The van der Waals surface area contributed by atoms with Crippen LogP contribution in [0.2, 0.25) is 0 Å². The van der Waals surface area contributed by atoms with E-state index < -0.39 is 5.41 Å². The molecule has 1 aromatic heterocycles. The summed E-state index contributed by atoms with van der Waals surface area (Å²) in [5, 5.41) is 5.94. The quantitative estimate of drug-likeness (QED) is 0.619. The summed E-state index contributed by atoms with van der Waals surface area (Å²) < 4.78 is 11.3. The van der Waals surface area contributed by atoms with Gasteiger partial charge in [0.15, 0.2) is 10.7 Å². The first-order chi connectivity index (χ1) is 13.3. The van der Waals surface area contributed by atoms with Crippen molar-refractivity contribution in [2.75, 3.05) is 11.9 Å². The number of nitrogens with one attached hydrogen (secondary N) is 2. The van der Waals surface area contributed by atoms with Gasteiger partial charge in [-0.25, -0.2) is 4.98 Å². The molecule has 3 rings (SSSR count). The largest absolute Gasteiger partial charge is 0.494 e. The summed E-state index contributed by atoms with van der Waals surface area (Å²) in [6.07, 6.45) is 0. The monoisotopic (exact) mass is 397 g/mol. The molecule has 2 aromatic carbocycles. The topological polar surface area (TPSA) is 76.4 Å².